The van der Waals surface area contributed by atoms with Crippen LogP contribution in [0, 0.1) is 0 Å². The molecule has 2 aromatic heterocycles. The van der Waals surface area contributed by atoms with Crippen molar-refractivity contribution in [3.63, 3.8) is 0 Å². The second-order valence-corrected chi connectivity index (χ2v) is 3.87. The number of hydrogen-bond donors (Lipinski definition) is 2. The number of methoxy groups -OCH3 is 1. The summed E-state index contributed by atoms with van der Waals surface area (Å²) in [5.41, 5.74) is 7.39. The molecule has 17 heavy (non-hydrogen) atoms. The second-order valence-electron chi connectivity index (χ2n) is 3.47. The van der Waals surface area contributed by atoms with Crippen molar-refractivity contribution in [2.75, 3.05) is 13.7 Å². The Hall–Kier alpha value is -1.44. The second kappa shape index (κ2) is 5.26. The van der Waals surface area contributed by atoms with Crippen molar-refractivity contribution in [3.05, 3.63) is 28.8 Å². The predicted octanol–water partition coefficient (Wildman–Crippen LogP) is 0.349. The number of ether oxygens (including phenoxy) is 1. The number of halogens is 1. The van der Waals surface area contributed by atoms with E-state index < -0.39 is 6.04 Å². The smallest absolute Gasteiger partial charge is 0.105 e. The maximum absolute atomic E-state index is 6.07. The minimum absolute atomic E-state index is 0.458. The molecule has 0 aliphatic carbocycles. The minimum Gasteiger partial charge on any atom is -0.383 e. The van der Waals surface area contributed by atoms with Gasteiger partial charge in [0.05, 0.1) is 42.3 Å². The molecule has 1 unspecified atom stereocenters. The van der Waals surface area contributed by atoms with Gasteiger partial charge in [-0.15, -0.1) is 0 Å². The van der Waals surface area contributed by atoms with Crippen LogP contribution in [0.2, 0.25) is 5.02 Å². The van der Waals surface area contributed by atoms with Gasteiger partial charge < -0.3 is 10.5 Å². The average Bonchev–Trinajstić information content (AvgIpc) is 2.95. The highest BCUT2D eigenvalue weighted by molar-refractivity contribution is 6.31. The van der Waals surface area contributed by atoms with Gasteiger partial charge >= 0.3 is 0 Å². The summed E-state index contributed by atoms with van der Waals surface area (Å²) in [5.74, 6) is 0. The zero-order valence-corrected chi connectivity index (χ0v) is 10.1. The van der Waals surface area contributed by atoms with E-state index in [1.165, 1.54) is 0 Å². The standard InChI is InChI=1S/C9H13ClN6O/c1-17-3-2-16-9(6(10)4-13-16)8(11)7-5-12-15-14-7/h4-5,8H,2-3,11H2,1H3,(H,12,14,15). The Balaban J connectivity index is 2.27. The van der Waals surface area contributed by atoms with Gasteiger partial charge in [-0.05, 0) is 0 Å². The quantitative estimate of drug-likeness (QED) is 0.805. The van der Waals surface area contributed by atoms with Crippen LogP contribution in [0.4, 0.5) is 0 Å². The largest absolute Gasteiger partial charge is 0.383 e. The Morgan fingerprint density at radius 2 is 2.41 bits per heavy atom. The third-order valence-electron chi connectivity index (χ3n) is 2.39. The molecule has 2 rings (SSSR count). The molecule has 0 amide bonds. The van der Waals surface area contributed by atoms with Crippen LogP contribution in [-0.4, -0.2) is 38.9 Å². The Morgan fingerprint density at radius 1 is 1.59 bits per heavy atom. The van der Waals surface area contributed by atoms with Crippen molar-refractivity contribution >= 4 is 11.6 Å². The lowest BCUT2D eigenvalue weighted by Gasteiger charge is -2.12. The monoisotopic (exact) mass is 256 g/mol. The van der Waals surface area contributed by atoms with Gasteiger partial charge in [0.2, 0.25) is 0 Å². The molecule has 0 aliphatic heterocycles. The van der Waals surface area contributed by atoms with Crippen LogP contribution in [0.25, 0.3) is 0 Å². The topological polar surface area (TPSA) is 94.6 Å². The van der Waals surface area contributed by atoms with Gasteiger partial charge in [0.1, 0.15) is 5.69 Å². The Labute approximate surface area is 103 Å². The van der Waals surface area contributed by atoms with E-state index in [-0.39, 0.29) is 0 Å². The van der Waals surface area contributed by atoms with Crippen molar-refractivity contribution in [1.29, 1.82) is 0 Å². The van der Waals surface area contributed by atoms with E-state index in [2.05, 4.69) is 20.5 Å². The molecule has 0 radical (unpaired) electrons. The van der Waals surface area contributed by atoms with Crippen LogP contribution in [0.15, 0.2) is 12.4 Å². The van der Waals surface area contributed by atoms with Crippen LogP contribution >= 0.6 is 11.6 Å². The van der Waals surface area contributed by atoms with E-state index in [0.29, 0.717) is 29.6 Å². The van der Waals surface area contributed by atoms with Crippen LogP contribution < -0.4 is 5.73 Å². The van der Waals surface area contributed by atoms with Crippen LogP contribution in [-0.2, 0) is 11.3 Å². The van der Waals surface area contributed by atoms with E-state index in [0.717, 1.165) is 0 Å². The fourth-order valence-corrected chi connectivity index (χ4v) is 1.80. The van der Waals surface area contributed by atoms with Gasteiger partial charge in [0.15, 0.2) is 0 Å². The van der Waals surface area contributed by atoms with E-state index in [4.69, 9.17) is 22.1 Å². The maximum Gasteiger partial charge on any atom is 0.105 e. The van der Waals surface area contributed by atoms with Gasteiger partial charge in [0, 0.05) is 7.11 Å². The number of H-pyrrole nitrogens is 1. The predicted molar refractivity (Wildman–Crippen MR) is 61.5 cm³/mol. The summed E-state index contributed by atoms with van der Waals surface area (Å²) in [4.78, 5) is 0. The fraction of sp³-hybridized carbons (Fsp3) is 0.444. The summed E-state index contributed by atoms with van der Waals surface area (Å²) in [6.45, 7) is 1.13. The first-order valence-corrected chi connectivity index (χ1v) is 5.43. The summed E-state index contributed by atoms with van der Waals surface area (Å²) in [5, 5.41) is 14.8. The molecule has 3 N–H and O–H groups in total. The van der Waals surface area contributed by atoms with E-state index in [1.54, 1.807) is 24.2 Å². The van der Waals surface area contributed by atoms with Crippen molar-refractivity contribution in [2.24, 2.45) is 5.73 Å². The van der Waals surface area contributed by atoms with E-state index in [9.17, 15) is 0 Å². The van der Waals surface area contributed by atoms with Crippen LogP contribution in [0.3, 0.4) is 0 Å². The zero-order chi connectivity index (χ0) is 12.3. The molecule has 0 aromatic carbocycles. The van der Waals surface area contributed by atoms with Crippen molar-refractivity contribution < 1.29 is 4.74 Å². The SMILES string of the molecule is COCCn1ncc(Cl)c1C(N)c1cn[nH]n1. The minimum atomic E-state index is -0.458. The summed E-state index contributed by atoms with van der Waals surface area (Å²) in [7, 11) is 1.63. The van der Waals surface area contributed by atoms with Crippen molar-refractivity contribution in [2.45, 2.75) is 12.6 Å². The maximum atomic E-state index is 6.07. The Morgan fingerprint density at radius 3 is 3.06 bits per heavy atom. The zero-order valence-electron chi connectivity index (χ0n) is 9.30. The first kappa shape index (κ1) is 12.0. The highest BCUT2D eigenvalue weighted by Crippen LogP contribution is 2.24. The van der Waals surface area contributed by atoms with Gasteiger partial charge in [-0.1, -0.05) is 11.6 Å². The first-order chi connectivity index (χ1) is 8.24. The number of hydrogen-bond acceptors (Lipinski definition) is 5. The van der Waals surface area contributed by atoms with E-state index >= 15 is 0 Å². The number of aromatic nitrogens is 5. The van der Waals surface area contributed by atoms with Gasteiger partial charge in [-0.25, -0.2) is 0 Å². The number of nitrogens with two attached hydrogens (primary N) is 1. The van der Waals surface area contributed by atoms with Gasteiger partial charge in [-0.2, -0.15) is 20.5 Å². The molecule has 0 fully saturated rings. The van der Waals surface area contributed by atoms with Gasteiger partial charge in [0.25, 0.3) is 0 Å². The molecule has 8 heteroatoms. The van der Waals surface area contributed by atoms with Crippen molar-refractivity contribution in [1.82, 2.24) is 25.2 Å². The molecule has 0 saturated heterocycles. The molecule has 2 heterocycles. The molecule has 1 atom stereocenters. The molecule has 0 saturated carbocycles. The average molecular weight is 257 g/mol. The number of nitrogens with zero attached hydrogens (tertiary/aromatic N) is 4. The summed E-state index contributed by atoms with van der Waals surface area (Å²) in [6.07, 6.45) is 3.13. The van der Waals surface area contributed by atoms with Gasteiger partial charge in [-0.3, -0.25) is 4.68 Å². The van der Waals surface area contributed by atoms with Crippen LogP contribution in [0.1, 0.15) is 17.4 Å². The van der Waals surface area contributed by atoms with Crippen LogP contribution in [0.5, 0.6) is 0 Å². The molecule has 92 valence electrons. The number of rotatable bonds is 5. The first-order valence-electron chi connectivity index (χ1n) is 5.05. The number of aromatic amines is 1. The lowest BCUT2D eigenvalue weighted by molar-refractivity contribution is 0.182. The Bertz CT molecular complexity index is 468. The molecular weight excluding hydrogens is 244 g/mol. The molecule has 0 bridgehead atoms. The molecule has 0 spiro atoms. The Kier molecular flexibility index (Phi) is 3.72. The highest BCUT2D eigenvalue weighted by atomic mass is 35.5. The summed E-state index contributed by atoms with van der Waals surface area (Å²) < 4.78 is 6.72. The fourth-order valence-electron chi connectivity index (χ4n) is 1.54. The lowest BCUT2D eigenvalue weighted by atomic mass is 10.1. The third kappa shape index (κ3) is 2.46. The molecule has 2 aromatic rings. The summed E-state index contributed by atoms with van der Waals surface area (Å²) in [6, 6.07) is -0.458. The summed E-state index contributed by atoms with van der Waals surface area (Å²) >= 11 is 6.07. The van der Waals surface area contributed by atoms with E-state index in [1.807, 2.05) is 0 Å². The van der Waals surface area contributed by atoms with Crippen molar-refractivity contribution in [3.8, 4) is 0 Å². The normalized spacial score (nSPS) is 12.9. The number of nitrogens with one attached hydrogen (secondary N) is 1. The lowest BCUT2D eigenvalue weighted by Crippen LogP contribution is -2.19. The third-order valence-corrected chi connectivity index (χ3v) is 2.68. The molecule has 0 aliphatic rings. The highest BCUT2D eigenvalue weighted by Gasteiger charge is 2.20. The molecular formula is C9H13ClN6O. The molecule has 7 nitrogen and oxygen atoms in total.